The maximum absolute atomic E-state index is 12.3. The highest BCUT2D eigenvalue weighted by molar-refractivity contribution is 9.10. The van der Waals surface area contributed by atoms with Crippen LogP contribution >= 0.6 is 39.1 Å². The molecule has 0 aliphatic rings. The Hall–Kier alpha value is -0.590. The molecule has 0 heterocycles. The second-order valence-corrected chi connectivity index (χ2v) is 7.91. The Morgan fingerprint density at radius 1 is 1.10 bits per heavy atom. The van der Waals surface area contributed by atoms with Crippen molar-refractivity contribution in [1.82, 2.24) is 4.72 Å². The van der Waals surface area contributed by atoms with Gasteiger partial charge in [0.25, 0.3) is 0 Å². The van der Waals surface area contributed by atoms with Crippen LogP contribution in [0, 0.1) is 6.92 Å². The van der Waals surface area contributed by atoms with E-state index in [2.05, 4.69) is 20.7 Å². The highest BCUT2D eigenvalue weighted by Gasteiger charge is 2.19. The van der Waals surface area contributed by atoms with Crippen LogP contribution in [0.15, 0.2) is 45.8 Å². The molecule has 7 heteroatoms. The summed E-state index contributed by atoms with van der Waals surface area (Å²) >= 11 is 14.9. The molecule has 0 atom stereocenters. The SMILES string of the molecule is Cc1ccc(CNS(=O)(=O)c2cc(Cl)c(Cl)cc2Br)cc1. The normalized spacial score (nSPS) is 11.6. The average molecular weight is 409 g/mol. The Labute approximate surface area is 142 Å². The van der Waals surface area contributed by atoms with Crippen LogP contribution in [-0.4, -0.2) is 8.42 Å². The molecule has 3 nitrogen and oxygen atoms in total. The van der Waals surface area contributed by atoms with Gasteiger partial charge in [-0.15, -0.1) is 0 Å². The zero-order valence-electron chi connectivity index (χ0n) is 11.0. The molecule has 0 aliphatic carbocycles. The van der Waals surface area contributed by atoms with Crippen LogP contribution in [0.1, 0.15) is 11.1 Å². The topological polar surface area (TPSA) is 46.2 Å². The molecule has 0 fully saturated rings. The summed E-state index contributed by atoms with van der Waals surface area (Å²) in [5.74, 6) is 0. The van der Waals surface area contributed by atoms with Gasteiger partial charge in [0, 0.05) is 11.0 Å². The van der Waals surface area contributed by atoms with Crippen LogP contribution in [-0.2, 0) is 16.6 Å². The van der Waals surface area contributed by atoms with Crippen molar-refractivity contribution in [1.29, 1.82) is 0 Å². The molecular formula is C14H12BrCl2NO2S. The van der Waals surface area contributed by atoms with E-state index in [1.165, 1.54) is 12.1 Å². The Morgan fingerprint density at radius 3 is 2.29 bits per heavy atom. The van der Waals surface area contributed by atoms with Gasteiger partial charge in [-0.1, -0.05) is 53.0 Å². The monoisotopic (exact) mass is 407 g/mol. The summed E-state index contributed by atoms with van der Waals surface area (Å²) in [5.41, 5.74) is 1.99. The van der Waals surface area contributed by atoms with E-state index in [-0.39, 0.29) is 16.5 Å². The fourth-order valence-electron chi connectivity index (χ4n) is 1.67. The molecule has 2 aromatic rings. The summed E-state index contributed by atoms with van der Waals surface area (Å²) in [7, 11) is -3.68. The van der Waals surface area contributed by atoms with E-state index >= 15 is 0 Å². The number of nitrogens with one attached hydrogen (secondary N) is 1. The first-order valence-electron chi connectivity index (χ1n) is 5.99. The second-order valence-electron chi connectivity index (χ2n) is 4.51. The highest BCUT2D eigenvalue weighted by atomic mass is 79.9. The van der Waals surface area contributed by atoms with Crippen LogP contribution in [0.25, 0.3) is 0 Å². The van der Waals surface area contributed by atoms with Crippen LogP contribution in [0.4, 0.5) is 0 Å². The Kier molecular flexibility index (Phi) is 5.33. The molecule has 0 radical (unpaired) electrons. The number of rotatable bonds is 4. The van der Waals surface area contributed by atoms with Crippen LogP contribution in [0.3, 0.4) is 0 Å². The molecule has 0 aliphatic heterocycles. The molecule has 0 bridgehead atoms. The van der Waals surface area contributed by atoms with E-state index in [0.29, 0.717) is 9.50 Å². The third-order valence-electron chi connectivity index (χ3n) is 2.85. The van der Waals surface area contributed by atoms with Crippen LogP contribution < -0.4 is 4.72 Å². The third-order valence-corrected chi connectivity index (χ3v) is 5.93. The highest BCUT2D eigenvalue weighted by Crippen LogP contribution is 2.31. The van der Waals surface area contributed by atoms with E-state index in [4.69, 9.17) is 23.2 Å². The zero-order chi connectivity index (χ0) is 15.6. The molecule has 112 valence electrons. The second kappa shape index (κ2) is 6.67. The number of hydrogen-bond acceptors (Lipinski definition) is 2. The summed E-state index contributed by atoms with van der Waals surface area (Å²) in [5, 5.41) is 0.483. The summed E-state index contributed by atoms with van der Waals surface area (Å²) in [6.45, 7) is 2.18. The van der Waals surface area contributed by atoms with Crippen LogP contribution in [0.5, 0.6) is 0 Å². The summed E-state index contributed by atoms with van der Waals surface area (Å²) < 4.78 is 27.5. The van der Waals surface area contributed by atoms with Gasteiger partial charge in [0.05, 0.1) is 14.9 Å². The Bertz CT molecular complexity index is 761. The lowest BCUT2D eigenvalue weighted by atomic mass is 10.2. The summed E-state index contributed by atoms with van der Waals surface area (Å²) in [6.07, 6.45) is 0. The first-order valence-corrected chi connectivity index (χ1v) is 9.02. The van der Waals surface area contributed by atoms with Crippen molar-refractivity contribution >= 4 is 49.2 Å². The number of hydrogen-bond donors (Lipinski definition) is 1. The minimum atomic E-state index is -3.68. The first kappa shape index (κ1) is 16.8. The van der Waals surface area contributed by atoms with Gasteiger partial charge in [0.1, 0.15) is 0 Å². The average Bonchev–Trinajstić information content (AvgIpc) is 2.42. The van der Waals surface area contributed by atoms with Gasteiger partial charge in [-0.3, -0.25) is 0 Å². The van der Waals surface area contributed by atoms with E-state index < -0.39 is 10.0 Å². The van der Waals surface area contributed by atoms with Gasteiger partial charge >= 0.3 is 0 Å². The fourth-order valence-corrected chi connectivity index (χ4v) is 4.28. The van der Waals surface area contributed by atoms with E-state index in [0.717, 1.165) is 11.1 Å². The van der Waals surface area contributed by atoms with Gasteiger partial charge in [-0.2, -0.15) is 0 Å². The Balaban J connectivity index is 2.22. The lowest BCUT2D eigenvalue weighted by Gasteiger charge is -2.10. The van der Waals surface area contributed by atoms with Crippen molar-refractivity contribution in [2.24, 2.45) is 0 Å². The van der Waals surface area contributed by atoms with E-state index in [1.54, 1.807) is 0 Å². The molecule has 0 spiro atoms. The third kappa shape index (κ3) is 4.20. The molecule has 0 amide bonds. The summed E-state index contributed by atoms with van der Waals surface area (Å²) in [4.78, 5) is 0.0593. The molecule has 0 aromatic heterocycles. The summed E-state index contributed by atoms with van der Waals surface area (Å²) in [6, 6.07) is 10.4. The van der Waals surface area contributed by atoms with Crippen molar-refractivity contribution in [2.45, 2.75) is 18.4 Å². The molecule has 0 saturated heterocycles. The Morgan fingerprint density at radius 2 is 1.67 bits per heavy atom. The van der Waals surface area contributed by atoms with Crippen molar-refractivity contribution in [3.05, 3.63) is 62.0 Å². The smallest absolute Gasteiger partial charge is 0.207 e. The van der Waals surface area contributed by atoms with Gasteiger partial charge in [0.15, 0.2) is 0 Å². The number of aryl methyl sites for hydroxylation is 1. The van der Waals surface area contributed by atoms with Crippen molar-refractivity contribution in [3.8, 4) is 0 Å². The molecule has 0 saturated carbocycles. The molecule has 21 heavy (non-hydrogen) atoms. The molecule has 0 unspecified atom stereocenters. The van der Waals surface area contributed by atoms with Gasteiger partial charge in [-0.05, 0) is 40.5 Å². The predicted molar refractivity (Wildman–Crippen MR) is 89.4 cm³/mol. The quantitative estimate of drug-likeness (QED) is 0.754. The first-order chi connectivity index (χ1) is 9.79. The fraction of sp³-hybridized carbons (Fsp3) is 0.143. The zero-order valence-corrected chi connectivity index (χ0v) is 14.9. The largest absolute Gasteiger partial charge is 0.242 e. The molecule has 2 rings (SSSR count). The van der Waals surface area contributed by atoms with Gasteiger partial charge in [-0.25, -0.2) is 13.1 Å². The minimum absolute atomic E-state index is 0.0593. The van der Waals surface area contributed by atoms with Crippen molar-refractivity contribution < 1.29 is 8.42 Å². The maximum Gasteiger partial charge on any atom is 0.242 e. The van der Waals surface area contributed by atoms with E-state index in [9.17, 15) is 8.42 Å². The lowest BCUT2D eigenvalue weighted by Crippen LogP contribution is -2.23. The molecule has 1 N–H and O–H groups in total. The predicted octanol–water partition coefficient (Wildman–Crippen LogP) is 4.54. The van der Waals surface area contributed by atoms with Gasteiger partial charge in [0.2, 0.25) is 10.0 Å². The lowest BCUT2D eigenvalue weighted by molar-refractivity contribution is 0.581. The van der Waals surface area contributed by atoms with Gasteiger partial charge < -0.3 is 0 Å². The minimum Gasteiger partial charge on any atom is -0.207 e. The van der Waals surface area contributed by atoms with Crippen LogP contribution in [0.2, 0.25) is 10.0 Å². The standard InChI is InChI=1S/C14H12BrCl2NO2S/c1-9-2-4-10(5-3-9)8-18-21(19,20)14-7-13(17)12(16)6-11(14)15/h2-7,18H,8H2,1H3. The molecule has 2 aromatic carbocycles. The maximum atomic E-state index is 12.3. The molecular weight excluding hydrogens is 397 g/mol. The number of halogens is 3. The van der Waals surface area contributed by atoms with E-state index in [1.807, 2.05) is 31.2 Å². The van der Waals surface area contributed by atoms with Crippen molar-refractivity contribution in [3.63, 3.8) is 0 Å². The number of sulfonamides is 1. The number of benzene rings is 2. The van der Waals surface area contributed by atoms with Crippen molar-refractivity contribution in [2.75, 3.05) is 0 Å².